The molecule has 0 amide bonds. The number of phosphoric acid groups is 1. The number of carbonyl (C=O) groups is 2. The van der Waals surface area contributed by atoms with Crippen LogP contribution in [0.1, 0.15) is 52.4 Å². The van der Waals surface area contributed by atoms with Crippen LogP contribution in [0.25, 0.3) is 0 Å². The summed E-state index contributed by atoms with van der Waals surface area (Å²) in [4.78, 5) is 44.7. The largest absolute Gasteiger partial charge is 1.00 e. The van der Waals surface area contributed by atoms with Crippen LogP contribution in [0.15, 0.2) is 0 Å². The van der Waals surface area contributed by atoms with Gasteiger partial charge in [0.15, 0.2) is 6.10 Å². The Kier molecular flexibility index (Phi) is 26.3. The molecular formula is C21H23Na2O8P. The van der Waals surface area contributed by atoms with E-state index in [2.05, 4.69) is 58.8 Å². The predicted molar refractivity (Wildman–Crippen MR) is 105 cm³/mol. The van der Waals surface area contributed by atoms with Crippen LogP contribution in [-0.2, 0) is 28.2 Å². The first kappa shape index (κ1) is 35.9. The van der Waals surface area contributed by atoms with Crippen molar-refractivity contribution in [2.75, 3.05) is 13.2 Å². The van der Waals surface area contributed by atoms with E-state index >= 15 is 0 Å². The van der Waals surface area contributed by atoms with Gasteiger partial charge in [0, 0.05) is 12.3 Å². The summed E-state index contributed by atoms with van der Waals surface area (Å²) in [5, 5.41) is 0. The van der Waals surface area contributed by atoms with Crippen LogP contribution >= 0.6 is 7.82 Å². The van der Waals surface area contributed by atoms with Crippen LogP contribution in [0.2, 0.25) is 0 Å². The van der Waals surface area contributed by atoms with E-state index in [1.807, 2.05) is 0 Å². The molecule has 1 atom stereocenters. The first-order valence-corrected chi connectivity index (χ1v) is 10.7. The first-order chi connectivity index (χ1) is 14.3. The van der Waals surface area contributed by atoms with Gasteiger partial charge in [-0.2, -0.15) is 0 Å². The minimum Gasteiger partial charge on any atom is -0.790 e. The van der Waals surface area contributed by atoms with Gasteiger partial charge in [-0.05, 0) is 48.9 Å². The zero-order chi connectivity index (χ0) is 22.7. The third kappa shape index (κ3) is 25.5. The smallest absolute Gasteiger partial charge is 0.790 e. The molecule has 0 saturated heterocycles. The van der Waals surface area contributed by atoms with Crippen molar-refractivity contribution in [1.82, 2.24) is 0 Å². The summed E-state index contributed by atoms with van der Waals surface area (Å²) in [5.41, 5.74) is 0. The van der Waals surface area contributed by atoms with Gasteiger partial charge in [0.25, 0.3) is 0 Å². The molecule has 0 aromatic heterocycles. The molecule has 0 fully saturated rings. The number of phosphoric ester groups is 1. The molecule has 0 heterocycles. The van der Waals surface area contributed by atoms with Crippen LogP contribution in [0.5, 0.6) is 0 Å². The molecule has 0 rings (SSSR count). The van der Waals surface area contributed by atoms with Gasteiger partial charge >= 0.3 is 71.1 Å². The maximum Gasteiger partial charge on any atom is 1.00 e. The molecule has 11 heteroatoms. The molecule has 32 heavy (non-hydrogen) atoms. The van der Waals surface area contributed by atoms with Gasteiger partial charge in [0.1, 0.15) is 6.61 Å². The Morgan fingerprint density at radius 2 is 1.50 bits per heavy atom. The van der Waals surface area contributed by atoms with Crippen LogP contribution in [-0.4, -0.2) is 31.3 Å². The molecule has 0 saturated carbocycles. The van der Waals surface area contributed by atoms with E-state index in [1.165, 1.54) is 0 Å². The zero-order valence-corrected chi connectivity index (χ0v) is 23.8. The average molecular weight is 480 g/mol. The summed E-state index contributed by atoms with van der Waals surface area (Å²) >= 11 is 0. The van der Waals surface area contributed by atoms with Gasteiger partial charge < -0.3 is 28.3 Å². The van der Waals surface area contributed by atoms with E-state index in [0.717, 1.165) is 25.7 Å². The van der Waals surface area contributed by atoms with Gasteiger partial charge in [-0.3, -0.25) is 4.79 Å². The SMILES string of the molecule is CC#CC#CC#CC#CC(=O)OC[C@H](COP(=O)([O-])[O-])OC(=O)CCCCCCC.[Na+].[Na+]. The number of unbranched alkanes of at least 4 members (excludes halogenated alkanes) is 4. The number of hydrogen-bond acceptors (Lipinski definition) is 8. The van der Waals surface area contributed by atoms with Crippen LogP contribution in [0, 0.1) is 47.4 Å². The summed E-state index contributed by atoms with van der Waals surface area (Å²) in [7, 11) is -5.28. The van der Waals surface area contributed by atoms with E-state index < -0.39 is 39.1 Å². The third-order valence-corrected chi connectivity index (χ3v) is 3.67. The molecule has 162 valence electrons. The van der Waals surface area contributed by atoms with E-state index in [4.69, 9.17) is 9.47 Å². The molecule has 0 aliphatic carbocycles. The molecule has 8 nitrogen and oxygen atoms in total. The molecule has 0 unspecified atom stereocenters. The minimum atomic E-state index is -5.28. The molecule has 0 aliphatic heterocycles. The second kappa shape index (κ2) is 23.4. The fraction of sp³-hybridized carbons (Fsp3) is 0.524. The van der Waals surface area contributed by atoms with E-state index in [1.54, 1.807) is 6.92 Å². The molecule has 0 aliphatic rings. The molecule has 0 bridgehead atoms. The Hall–Kier alpha value is -0.710. The van der Waals surface area contributed by atoms with Crippen molar-refractivity contribution in [2.24, 2.45) is 0 Å². The topological polar surface area (TPSA) is 125 Å². The Labute approximate surface area is 234 Å². The molecule has 0 radical (unpaired) electrons. The maximum atomic E-state index is 11.9. The zero-order valence-electron chi connectivity index (χ0n) is 18.9. The number of rotatable bonds is 12. The number of carbonyl (C=O) groups excluding carboxylic acids is 2. The van der Waals surface area contributed by atoms with E-state index in [-0.39, 0.29) is 65.5 Å². The fourth-order valence-corrected chi connectivity index (χ4v) is 2.23. The summed E-state index contributed by atoms with van der Waals surface area (Å²) in [6, 6.07) is 0. The summed E-state index contributed by atoms with van der Waals surface area (Å²) in [6.07, 6.45) is 3.41. The first-order valence-electron chi connectivity index (χ1n) is 9.24. The van der Waals surface area contributed by atoms with Gasteiger partial charge in [0.05, 0.1) is 14.4 Å². The van der Waals surface area contributed by atoms with Crippen molar-refractivity contribution in [1.29, 1.82) is 0 Å². The average Bonchev–Trinajstić information content (AvgIpc) is 2.68. The normalized spacial score (nSPS) is 9.75. The third-order valence-electron chi connectivity index (χ3n) is 3.20. The van der Waals surface area contributed by atoms with Gasteiger partial charge in [-0.15, -0.1) is 0 Å². The van der Waals surface area contributed by atoms with Crippen molar-refractivity contribution in [3.63, 3.8) is 0 Å². The predicted octanol–water partition coefficient (Wildman–Crippen LogP) is -5.31. The van der Waals surface area contributed by atoms with Crippen LogP contribution in [0.4, 0.5) is 0 Å². The van der Waals surface area contributed by atoms with Crippen LogP contribution < -0.4 is 68.9 Å². The minimum absolute atomic E-state index is 0. The van der Waals surface area contributed by atoms with Gasteiger partial charge in [0.2, 0.25) is 0 Å². The summed E-state index contributed by atoms with van der Waals surface area (Å²) in [6.45, 7) is 2.39. The summed E-state index contributed by atoms with van der Waals surface area (Å²) < 4.78 is 24.6. The Morgan fingerprint density at radius 1 is 0.906 bits per heavy atom. The van der Waals surface area contributed by atoms with E-state index in [9.17, 15) is 23.9 Å². The van der Waals surface area contributed by atoms with Crippen LogP contribution in [0.3, 0.4) is 0 Å². The Balaban J connectivity index is -0.00000420. The Bertz CT molecular complexity index is 853. The van der Waals surface area contributed by atoms with Crippen molar-refractivity contribution in [3.05, 3.63) is 0 Å². The monoisotopic (exact) mass is 480 g/mol. The molecule has 0 aromatic carbocycles. The summed E-state index contributed by atoms with van der Waals surface area (Å²) in [5.74, 6) is 17.1. The standard InChI is InChI=1S/C21H25O8P.2Na/c1-3-5-7-9-10-12-13-15-20(22)27-17-19(18-28-30(24,25)26)29-21(23)16-14-11-8-6-4-2;;/h19H,4,6,8,11,14,16-18H2,1-2H3,(H2,24,25,26);;/q;2*+1/p-2/t19-;;/m1../s1. The van der Waals surface area contributed by atoms with Crippen molar-refractivity contribution in [2.45, 2.75) is 58.5 Å². The second-order valence-electron chi connectivity index (χ2n) is 5.74. The van der Waals surface area contributed by atoms with Gasteiger partial charge in [-0.25, -0.2) is 4.79 Å². The maximum absolute atomic E-state index is 11.9. The number of ether oxygens (including phenoxy) is 2. The van der Waals surface area contributed by atoms with Crippen molar-refractivity contribution in [3.8, 4) is 47.4 Å². The molecule has 0 aromatic rings. The quantitative estimate of drug-likeness (QED) is 0.0678. The second-order valence-corrected chi connectivity index (χ2v) is 6.90. The number of hydrogen-bond donors (Lipinski definition) is 0. The number of esters is 2. The van der Waals surface area contributed by atoms with Crippen molar-refractivity contribution < 1.29 is 97.1 Å². The fourth-order valence-electron chi connectivity index (χ4n) is 1.88. The van der Waals surface area contributed by atoms with Gasteiger partial charge in [-0.1, -0.05) is 38.5 Å². The Morgan fingerprint density at radius 3 is 2.09 bits per heavy atom. The molecule has 0 spiro atoms. The molecule has 0 N–H and O–H groups in total. The van der Waals surface area contributed by atoms with E-state index in [0.29, 0.717) is 6.42 Å². The van der Waals surface area contributed by atoms with Crippen molar-refractivity contribution >= 4 is 19.8 Å². The molecular weight excluding hydrogens is 457 g/mol.